The maximum atomic E-state index is 13.0. The van der Waals surface area contributed by atoms with Crippen molar-refractivity contribution in [2.45, 2.75) is 13.0 Å². The zero-order valence-corrected chi connectivity index (χ0v) is 14.9. The number of anilines is 1. The van der Waals surface area contributed by atoms with Gasteiger partial charge >= 0.3 is 5.97 Å². The average molecular weight is 396 g/mol. The topological polar surface area (TPSA) is 68.5 Å². The highest BCUT2D eigenvalue weighted by atomic mass is 35.5. The number of carbonyl (C=O) groups is 2. The lowest BCUT2D eigenvalue weighted by molar-refractivity contribution is -0.123. The van der Waals surface area contributed by atoms with Crippen LogP contribution in [0.1, 0.15) is 17.5 Å². The number of esters is 1. The molecule has 1 amide bonds. The highest BCUT2D eigenvalue weighted by Gasteiger charge is 2.22. The Hall–Kier alpha value is -2.57. The summed E-state index contributed by atoms with van der Waals surface area (Å²) in [6.45, 7) is 1.39. The summed E-state index contributed by atoms with van der Waals surface area (Å²) in [7, 11) is 0. The molecule has 0 aliphatic carbocycles. The smallest absolute Gasteiger partial charge is 0.375 e. The van der Waals surface area contributed by atoms with Gasteiger partial charge in [-0.15, -0.1) is 0 Å². The van der Waals surface area contributed by atoms with Crippen LogP contribution < -0.4 is 5.32 Å². The molecule has 0 unspecified atom stereocenters. The number of rotatable bonds is 4. The number of amides is 1. The van der Waals surface area contributed by atoms with E-state index >= 15 is 0 Å². The molecule has 3 rings (SSSR count). The van der Waals surface area contributed by atoms with E-state index in [0.717, 1.165) is 12.1 Å². The highest BCUT2D eigenvalue weighted by molar-refractivity contribution is 6.33. The van der Waals surface area contributed by atoms with Crippen LogP contribution in [0, 0.1) is 5.82 Å². The van der Waals surface area contributed by atoms with Crippen molar-refractivity contribution < 1.29 is 23.1 Å². The molecule has 134 valence electrons. The maximum absolute atomic E-state index is 13.0. The van der Waals surface area contributed by atoms with E-state index in [2.05, 4.69) is 5.32 Å². The third kappa shape index (κ3) is 3.98. The Kier molecular flexibility index (Phi) is 5.15. The zero-order valence-electron chi connectivity index (χ0n) is 13.4. The summed E-state index contributed by atoms with van der Waals surface area (Å²) >= 11 is 11.7. The zero-order chi connectivity index (χ0) is 18.8. The third-order valence-corrected chi connectivity index (χ3v) is 4.07. The Bertz CT molecular complexity index is 1000. The lowest BCUT2D eigenvalue weighted by Crippen LogP contribution is -2.30. The molecule has 0 saturated carbocycles. The molecule has 0 fully saturated rings. The molecule has 1 aromatic heterocycles. The van der Waals surface area contributed by atoms with Crippen LogP contribution in [0.5, 0.6) is 0 Å². The minimum absolute atomic E-state index is 0.0334. The molecule has 3 aromatic rings. The van der Waals surface area contributed by atoms with Crippen molar-refractivity contribution >= 4 is 51.7 Å². The molecule has 5 nitrogen and oxygen atoms in total. The number of hydrogen-bond acceptors (Lipinski definition) is 4. The van der Waals surface area contributed by atoms with Gasteiger partial charge in [-0.2, -0.15) is 0 Å². The molecule has 0 aliphatic rings. The molecule has 2 aromatic carbocycles. The van der Waals surface area contributed by atoms with E-state index in [1.165, 1.54) is 19.1 Å². The highest BCUT2D eigenvalue weighted by Crippen LogP contribution is 2.25. The van der Waals surface area contributed by atoms with Crippen LogP contribution in [0.15, 0.2) is 46.9 Å². The van der Waals surface area contributed by atoms with E-state index in [4.69, 9.17) is 32.4 Å². The van der Waals surface area contributed by atoms with Crippen LogP contribution in [0.3, 0.4) is 0 Å². The molecule has 0 bridgehead atoms. The molecule has 1 N–H and O–H groups in total. The van der Waals surface area contributed by atoms with Gasteiger partial charge in [-0.1, -0.05) is 23.2 Å². The lowest BCUT2D eigenvalue weighted by Gasteiger charge is -2.13. The number of ether oxygens (including phenoxy) is 1. The maximum Gasteiger partial charge on any atom is 0.375 e. The SMILES string of the molecule is C[C@H](OC(=O)c1cc2cc(Cl)ccc2o1)C(=O)Nc1ccc(F)cc1Cl. The van der Waals surface area contributed by atoms with Crippen LogP contribution in [0.4, 0.5) is 10.1 Å². The summed E-state index contributed by atoms with van der Waals surface area (Å²) in [6.07, 6.45) is -1.12. The van der Waals surface area contributed by atoms with E-state index in [9.17, 15) is 14.0 Å². The largest absolute Gasteiger partial charge is 0.449 e. The molecule has 0 saturated heterocycles. The summed E-state index contributed by atoms with van der Waals surface area (Å²) in [5.74, 6) is -2.00. The summed E-state index contributed by atoms with van der Waals surface area (Å²) in [5, 5.41) is 3.64. The Morgan fingerprint density at radius 3 is 2.65 bits per heavy atom. The molecule has 1 atom stereocenters. The quantitative estimate of drug-likeness (QED) is 0.626. The molecular formula is C18H12Cl2FNO4. The molecule has 0 spiro atoms. The monoisotopic (exact) mass is 395 g/mol. The van der Waals surface area contributed by atoms with Gasteiger partial charge < -0.3 is 14.5 Å². The number of benzene rings is 2. The fraction of sp³-hybridized carbons (Fsp3) is 0.111. The molecule has 26 heavy (non-hydrogen) atoms. The van der Waals surface area contributed by atoms with Crippen LogP contribution >= 0.6 is 23.2 Å². The van der Waals surface area contributed by atoms with E-state index in [-0.39, 0.29) is 16.5 Å². The first-order valence-corrected chi connectivity index (χ1v) is 8.25. The van der Waals surface area contributed by atoms with Gasteiger partial charge in [0, 0.05) is 10.4 Å². The normalized spacial score (nSPS) is 12.0. The number of nitrogens with one attached hydrogen (secondary N) is 1. The van der Waals surface area contributed by atoms with Crippen molar-refractivity contribution in [2.75, 3.05) is 5.32 Å². The van der Waals surface area contributed by atoms with Gasteiger partial charge in [0.25, 0.3) is 5.91 Å². The van der Waals surface area contributed by atoms with E-state index in [0.29, 0.717) is 16.0 Å². The standard InChI is InChI=1S/C18H12Cl2FNO4/c1-9(17(23)22-14-4-3-12(21)8-13(14)20)25-18(24)16-7-10-6-11(19)2-5-15(10)26-16/h2-9H,1H3,(H,22,23)/t9-/m0/s1. The summed E-state index contributed by atoms with van der Waals surface area (Å²) in [6, 6.07) is 9.90. The Morgan fingerprint density at radius 1 is 1.15 bits per heavy atom. The van der Waals surface area contributed by atoms with E-state index < -0.39 is 23.8 Å². The van der Waals surface area contributed by atoms with Gasteiger partial charge in [-0.05, 0) is 49.4 Å². The first-order chi connectivity index (χ1) is 12.3. The van der Waals surface area contributed by atoms with Gasteiger partial charge in [0.2, 0.25) is 5.76 Å². The van der Waals surface area contributed by atoms with E-state index in [1.807, 2.05) is 0 Å². The van der Waals surface area contributed by atoms with Gasteiger partial charge in [-0.3, -0.25) is 4.79 Å². The van der Waals surface area contributed by atoms with Crippen molar-refractivity contribution in [1.82, 2.24) is 0 Å². The molecular weight excluding hydrogens is 384 g/mol. The molecule has 0 aliphatic heterocycles. The lowest BCUT2D eigenvalue weighted by atomic mass is 10.2. The van der Waals surface area contributed by atoms with Crippen molar-refractivity contribution in [1.29, 1.82) is 0 Å². The van der Waals surface area contributed by atoms with Crippen LogP contribution in [-0.2, 0) is 9.53 Å². The van der Waals surface area contributed by atoms with Crippen molar-refractivity contribution in [3.05, 3.63) is 64.1 Å². The molecule has 0 radical (unpaired) electrons. The first-order valence-electron chi connectivity index (χ1n) is 7.49. The number of hydrogen-bond donors (Lipinski definition) is 1. The number of halogens is 3. The van der Waals surface area contributed by atoms with Crippen molar-refractivity contribution in [3.63, 3.8) is 0 Å². The predicted octanol–water partition coefficient (Wildman–Crippen LogP) is 5.06. The van der Waals surface area contributed by atoms with Crippen LogP contribution in [-0.4, -0.2) is 18.0 Å². The van der Waals surface area contributed by atoms with Crippen molar-refractivity contribution in [2.24, 2.45) is 0 Å². The first kappa shape index (κ1) is 18.2. The number of carbonyl (C=O) groups excluding carboxylic acids is 2. The number of fused-ring (bicyclic) bond motifs is 1. The Balaban J connectivity index is 1.68. The predicted molar refractivity (Wildman–Crippen MR) is 96.1 cm³/mol. The fourth-order valence-corrected chi connectivity index (χ4v) is 2.61. The van der Waals surface area contributed by atoms with E-state index in [1.54, 1.807) is 18.2 Å². The minimum atomic E-state index is -1.12. The van der Waals surface area contributed by atoms with Gasteiger partial charge in [-0.25, -0.2) is 9.18 Å². The second kappa shape index (κ2) is 7.35. The summed E-state index contributed by atoms with van der Waals surface area (Å²) < 4.78 is 23.5. The van der Waals surface area contributed by atoms with Crippen LogP contribution in [0.25, 0.3) is 11.0 Å². The van der Waals surface area contributed by atoms with Gasteiger partial charge in [0.15, 0.2) is 6.10 Å². The van der Waals surface area contributed by atoms with Gasteiger partial charge in [0.05, 0.1) is 10.7 Å². The minimum Gasteiger partial charge on any atom is -0.449 e. The molecule has 1 heterocycles. The number of furan rings is 1. The average Bonchev–Trinajstić information content (AvgIpc) is 3.00. The summed E-state index contributed by atoms with van der Waals surface area (Å²) in [4.78, 5) is 24.3. The Morgan fingerprint density at radius 2 is 1.92 bits per heavy atom. The Labute approximate surface area is 157 Å². The second-order valence-corrected chi connectivity index (χ2v) is 6.30. The fourth-order valence-electron chi connectivity index (χ4n) is 2.21. The van der Waals surface area contributed by atoms with Gasteiger partial charge in [0.1, 0.15) is 11.4 Å². The molecule has 8 heteroatoms. The summed E-state index contributed by atoms with van der Waals surface area (Å²) in [5.41, 5.74) is 0.677. The van der Waals surface area contributed by atoms with Crippen molar-refractivity contribution in [3.8, 4) is 0 Å². The second-order valence-electron chi connectivity index (χ2n) is 5.45. The third-order valence-electron chi connectivity index (χ3n) is 3.52. The van der Waals surface area contributed by atoms with Crippen LogP contribution in [0.2, 0.25) is 10.0 Å².